The van der Waals surface area contributed by atoms with Gasteiger partial charge in [0.2, 0.25) is 0 Å². The molecular formula is C24H35N3O. The molecule has 0 radical (unpaired) electrons. The van der Waals surface area contributed by atoms with Gasteiger partial charge in [-0.05, 0) is 62.3 Å². The largest absolute Gasteiger partial charge is 0.338 e. The molecule has 1 aromatic carbocycles. The van der Waals surface area contributed by atoms with Gasteiger partial charge in [-0.1, -0.05) is 57.0 Å². The zero-order valence-electron chi connectivity index (χ0n) is 17.7. The molecule has 1 heterocycles. The minimum Gasteiger partial charge on any atom is -0.331 e. The summed E-state index contributed by atoms with van der Waals surface area (Å²) in [7, 11) is 0. The van der Waals surface area contributed by atoms with Crippen LogP contribution in [0.2, 0.25) is 0 Å². The van der Waals surface area contributed by atoms with E-state index in [4.69, 9.17) is 5.10 Å². The Morgan fingerprint density at radius 1 is 1.18 bits per heavy atom. The van der Waals surface area contributed by atoms with Crippen molar-refractivity contribution in [3.8, 4) is 0 Å². The van der Waals surface area contributed by atoms with Crippen LogP contribution in [-0.2, 0) is 0 Å². The molecule has 1 aromatic rings. The molecule has 3 aliphatic rings. The molecule has 152 valence electrons. The van der Waals surface area contributed by atoms with E-state index in [2.05, 4.69) is 50.4 Å². The van der Waals surface area contributed by atoms with Gasteiger partial charge in [0.25, 0.3) is 0 Å². The van der Waals surface area contributed by atoms with Gasteiger partial charge in [-0.15, -0.1) is 0 Å². The summed E-state index contributed by atoms with van der Waals surface area (Å²) in [6, 6.07) is 10.5. The van der Waals surface area contributed by atoms with Crippen molar-refractivity contribution in [2.75, 3.05) is 6.54 Å². The lowest BCUT2D eigenvalue weighted by molar-refractivity contribution is 0.148. The number of amides is 2. The maximum Gasteiger partial charge on any atom is 0.338 e. The van der Waals surface area contributed by atoms with E-state index in [-0.39, 0.29) is 22.9 Å². The van der Waals surface area contributed by atoms with Gasteiger partial charge in [-0.25, -0.2) is 9.80 Å². The van der Waals surface area contributed by atoms with Crippen LogP contribution in [0.3, 0.4) is 0 Å². The van der Waals surface area contributed by atoms with Crippen molar-refractivity contribution in [1.29, 1.82) is 0 Å². The molecule has 2 aliphatic carbocycles. The highest BCUT2D eigenvalue weighted by Crippen LogP contribution is 2.60. The van der Waals surface area contributed by atoms with Crippen LogP contribution < -0.4 is 5.32 Å². The zero-order chi connectivity index (χ0) is 19.8. The van der Waals surface area contributed by atoms with Crippen molar-refractivity contribution in [3.63, 3.8) is 0 Å². The normalized spacial score (nSPS) is 34.0. The lowest BCUT2D eigenvalue weighted by Gasteiger charge is -2.39. The van der Waals surface area contributed by atoms with Crippen molar-refractivity contribution < 1.29 is 4.79 Å². The number of hydrogen-bond acceptors (Lipinski definition) is 2. The molecular weight excluding hydrogens is 346 g/mol. The molecule has 0 spiro atoms. The number of nitrogens with one attached hydrogen (secondary N) is 1. The van der Waals surface area contributed by atoms with Gasteiger partial charge in [0, 0.05) is 17.2 Å². The summed E-state index contributed by atoms with van der Waals surface area (Å²) in [5.41, 5.74) is 2.58. The summed E-state index contributed by atoms with van der Waals surface area (Å²) in [5.74, 6) is 0.842. The second kappa shape index (κ2) is 7.53. The van der Waals surface area contributed by atoms with E-state index < -0.39 is 0 Å². The fourth-order valence-electron chi connectivity index (χ4n) is 5.82. The molecule has 2 bridgehead atoms. The monoisotopic (exact) mass is 381 g/mol. The molecule has 4 heteroatoms. The highest BCUT2D eigenvalue weighted by Gasteiger charge is 2.60. The van der Waals surface area contributed by atoms with Gasteiger partial charge in [-0.2, -0.15) is 5.10 Å². The molecule has 2 fully saturated rings. The van der Waals surface area contributed by atoms with Crippen LogP contribution >= 0.6 is 0 Å². The van der Waals surface area contributed by atoms with Crippen molar-refractivity contribution in [2.45, 2.75) is 83.6 Å². The molecule has 1 unspecified atom stereocenters. The number of fused-ring (bicyclic) bond motifs is 2. The summed E-state index contributed by atoms with van der Waals surface area (Å²) in [4.78, 5) is 13.2. The van der Waals surface area contributed by atoms with E-state index in [9.17, 15) is 4.79 Å². The molecule has 1 N–H and O–H groups in total. The number of carbonyl (C=O) groups is 1. The number of nitrogens with zero attached hydrogens (tertiary/aromatic N) is 2. The SMILES string of the molecule is CCCCCC1=NN(C(=O)N[C@@]2(C)C3CCC2(C)CC3)CC1c1ccccc1. The van der Waals surface area contributed by atoms with Gasteiger partial charge in [0.05, 0.1) is 6.54 Å². The third-order valence-corrected chi connectivity index (χ3v) is 8.01. The average molecular weight is 382 g/mol. The Morgan fingerprint density at radius 3 is 2.50 bits per heavy atom. The number of carbonyl (C=O) groups excluding carboxylic acids is 1. The molecule has 28 heavy (non-hydrogen) atoms. The number of benzene rings is 1. The first kappa shape index (κ1) is 19.5. The van der Waals surface area contributed by atoms with E-state index in [1.165, 1.54) is 49.8 Å². The molecule has 1 aliphatic heterocycles. The van der Waals surface area contributed by atoms with Gasteiger partial charge < -0.3 is 5.32 Å². The van der Waals surface area contributed by atoms with Gasteiger partial charge in [-0.3, -0.25) is 0 Å². The minimum atomic E-state index is -0.0905. The molecule has 4 nitrogen and oxygen atoms in total. The third-order valence-electron chi connectivity index (χ3n) is 8.01. The van der Waals surface area contributed by atoms with Crippen LogP contribution in [0.25, 0.3) is 0 Å². The number of urea groups is 1. The predicted molar refractivity (Wildman–Crippen MR) is 114 cm³/mol. The standard InChI is InChI=1S/C24H35N3O/c1-4-5-7-12-21-20(18-10-8-6-9-11-18)17-27(26-21)22(28)25-24(3)19-13-15-23(24,2)16-14-19/h6,8-11,19-20H,4-5,7,12-17H2,1-3H3,(H,25,28)/t19?,20?,23?,24-/m0/s1. The Balaban J connectivity index is 1.50. The number of hydrogen-bond donors (Lipinski definition) is 1. The maximum atomic E-state index is 13.2. The summed E-state index contributed by atoms with van der Waals surface area (Å²) in [6.45, 7) is 7.51. The Morgan fingerprint density at radius 2 is 1.89 bits per heavy atom. The van der Waals surface area contributed by atoms with Crippen molar-refractivity contribution in [2.24, 2.45) is 16.4 Å². The van der Waals surface area contributed by atoms with E-state index in [0.29, 0.717) is 12.5 Å². The van der Waals surface area contributed by atoms with Crippen LogP contribution in [0.5, 0.6) is 0 Å². The van der Waals surface area contributed by atoms with Gasteiger partial charge in [0.15, 0.2) is 0 Å². The first-order valence-corrected chi connectivity index (χ1v) is 11.2. The second-order valence-electron chi connectivity index (χ2n) is 9.56. The lowest BCUT2D eigenvalue weighted by atomic mass is 9.76. The first-order chi connectivity index (χ1) is 13.5. The predicted octanol–water partition coefficient (Wildman–Crippen LogP) is 5.70. The quantitative estimate of drug-likeness (QED) is 0.631. The summed E-state index contributed by atoms with van der Waals surface area (Å²) in [6.07, 6.45) is 9.48. The third kappa shape index (κ3) is 3.25. The average Bonchev–Trinajstić information content (AvgIpc) is 3.30. The first-order valence-electron chi connectivity index (χ1n) is 11.2. The molecule has 0 aromatic heterocycles. The Labute approximate surface area is 169 Å². The second-order valence-corrected chi connectivity index (χ2v) is 9.56. The maximum absolute atomic E-state index is 13.2. The highest BCUT2D eigenvalue weighted by molar-refractivity contribution is 5.94. The smallest absolute Gasteiger partial charge is 0.331 e. The molecule has 0 saturated heterocycles. The van der Waals surface area contributed by atoms with E-state index >= 15 is 0 Å². The minimum absolute atomic E-state index is 0.00560. The van der Waals surface area contributed by atoms with Crippen LogP contribution in [0.4, 0.5) is 4.79 Å². The van der Waals surface area contributed by atoms with E-state index in [1.807, 2.05) is 6.07 Å². The number of hydrazone groups is 1. The topological polar surface area (TPSA) is 44.7 Å². The van der Waals surface area contributed by atoms with Gasteiger partial charge >= 0.3 is 6.03 Å². The summed E-state index contributed by atoms with van der Waals surface area (Å²) < 4.78 is 0. The molecule has 2 saturated carbocycles. The lowest BCUT2D eigenvalue weighted by Crippen LogP contribution is -2.56. The van der Waals surface area contributed by atoms with E-state index in [1.54, 1.807) is 5.01 Å². The Bertz CT molecular complexity index is 735. The van der Waals surface area contributed by atoms with Crippen LogP contribution in [0.15, 0.2) is 35.4 Å². The van der Waals surface area contributed by atoms with Crippen LogP contribution in [-0.4, -0.2) is 28.8 Å². The number of unbranched alkanes of at least 4 members (excludes halogenated alkanes) is 2. The fraction of sp³-hybridized carbons (Fsp3) is 0.667. The summed E-state index contributed by atoms with van der Waals surface area (Å²) >= 11 is 0. The fourth-order valence-corrected chi connectivity index (χ4v) is 5.82. The Hall–Kier alpha value is -1.84. The highest BCUT2D eigenvalue weighted by atomic mass is 16.2. The molecule has 2 amide bonds. The van der Waals surface area contributed by atoms with E-state index in [0.717, 1.165) is 12.8 Å². The van der Waals surface area contributed by atoms with Crippen molar-refractivity contribution >= 4 is 11.7 Å². The van der Waals surface area contributed by atoms with Crippen LogP contribution in [0, 0.1) is 11.3 Å². The van der Waals surface area contributed by atoms with Crippen LogP contribution in [0.1, 0.15) is 83.6 Å². The molecule has 4 rings (SSSR count). The Kier molecular flexibility index (Phi) is 5.24. The zero-order valence-corrected chi connectivity index (χ0v) is 17.7. The van der Waals surface area contributed by atoms with Crippen molar-refractivity contribution in [3.05, 3.63) is 35.9 Å². The summed E-state index contributed by atoms with van der Waals surface area (Å²) in [5, 5.41) is 9.97. The van der Waals surface area contributed by atoms with Gasteiger partial charge in [0.1, 0.15) is 0 Å². The molecule has 2 atom stereocenters. The van der Waals surface area contributed by atoms with Crippen molar-refractivity contribution in [1.82, 2.24) is 10.3 Å². The number of rotatable bonds is 6.